The van der Waals surface area contributed by atoms with Crippen LogP contribution in [0.5, 0.6) is 0 Å². The number of hydrogen-bond donors (Lipinski definition) is 2. The van der Waals surface area contributed by atoms with E-state index in [0.717, 1.165) is 51.6 Å². The minimum Gasteiger partial charge on any atom is -0.352 e. The lowest BCUT2D eigenvalue weighted by Gasteiger charge is -2.43. The maximum absolute atomic E-state index is 13.4. The number of carbonyl (C=O) groups excluding carboxylic acids is 2. The maximum atomic E-state index is 13.4. The largest absolute Gasteiger partial charge is 0.352 e. The van der Waals surface area contributed by atoms with Crippen LogP contribution in [0.3, 0.4) is 0 Å². The minimum atomic E-state index is -0.411. The van der Waals surface area contributed by atoms with E-state index < -0.39 is 6.04 Å². The summed E-state index contributed by atoms with van der Waals surface area (Å²) in [5.41, 5.74) is 7.37. The average Bonchev–Trinajstić information content (AvgIpc) is 3.27. The van der Waals surface area contributed by atoms with Crippen LogP contribution in [0.15, 0.2) is 42.5 Å². The Labute approximate surface area is 213 Å². The van der Waals surface area contributed by atoms with Crippen molar-refractivity contribution in [3.8, 4) is 0 Å². The first-order valence-electron chi connectivity index (χ1n) is 13.1. The third kappa shape index (κ3) is 7.15. The molecule has 3 N–H and O–H groups in total. The van der Waals surface area contributed by atoms with E-state index in [1.807, 2.05) is 11.3 Å². The summed E-state index contributed by atoms with van der Waals surface area (Å²) in [6.07, 6.45) is 6.27. The van der Waals surface area contributed by atoms with Crippen molar-refractivity contribution >= 4 is 23.2 Å². The van der Waals surface area contributed by atoms with Crippen LogP contribution in [-0.4, -0.2) is 58.9 Å². The highest BCUT2D eigenvalue weighted by atomic mass is 32.1. The monoisotopic (exact) mass is 496 g/mol. The van der Waals surface area contributed by atoms with Crippen LogP contribution in [0.25, 0.3) is 0 Å². The number of nitrogens with one attached hydrogen (secondary N) is 1. The quantitative estimate of drug-likeness (QED) is 0.582. The molecular formula is C28H40N4O2S. The first kappa shape index (κ1) is 25.9. The Morgan fingerprint density at radius 3 is 2.49 bits per heavy atom. The predicted octanol–water partition coefficient (Wildman–Crippen LogP) is 3.87. The Kier molecular flexibility index (Phi) is 8.98. The molecule has 4 rings (SSSR count). The van der Waals surface area contributed by atoms with Gasteiger partial charge in [0.15, 0.2) is 0 Å². The highest BCUT2D eigenvalue weighted by Gasteiger charge is 2.38. The number of benzene rings is 1. The van der Waals surface area contributed by atoms with Gasteiger partial charge in [0.25, 0.3) is 0 Å². The number of amides is 2. The van der Waals surface area contributed by atoms with Gasteiger partial charge in [0.05, 0.1) is 0 Å². The van der Waals surface area contributed by atoms with E-state index in [9.17, 15) is 9.59 Å². The second-order valence-electron chi connectivity index (χ2n) is 10.2. The number of nitrogens with two attached hydrogens (primary N) is 1. The van der Waals surface area contributed by atoms with E-state index in [2.05, 4.69) is 59.6 Å². The highest BCUT2D eigenvalue weighted by molar-refractivity contribution is 7.11. The van der Waals surface area contributed by atoms with E-state index in [4.69, 9.17) is 5.73 Å². The van der Waals surface area contributed by atoms with Crippen molar-refractivity contribution < 1.29 is 9.59 Å². The van der Waals surface area contributed by atoms with Gasteiger partial charge in [-0.2, -0.15) is 0 Å². The molecule has 1 aliphatic heterocycles. The van der Waals surface area contributed by atoms with Gasteiger partial charge in [0, 0.05) is 54.4 Å². The van der Waals surface area contributed by atoms with Gasteiger partial charge in [-0.25, -0.2) is 0 Å². The standard InChI is InChI=1S/C28H40N4O2S/c1-20-8-13-26(35-20)19-31(16-14-22-6-4-3-5-7-22)25-15-17-32(21(2)33)27(18-25)28(34)30-24-11-9-23(29)10-12-24/h3-8,13,23-25,27H,9-12,14-19,29H2,1-2H3,(H,30,34)/t23?,24?,25?,27-/m1/s1. The average molecular weight is 497 g/mol. The number of carbonyl (C=O) groups is 2. The lowest BCUT2D eigenvalue weighted by atomic mass is 9.90. The van der Waals surface area contributed by atoms with Gasteiger partial charge >= 0.3 is 0 Å². The van der Waals surface area contributed by atoms with Crippen molar-refractivity contribution in [3.63, 3.8) is 0 Å². The summed E-state index contributed by atoms with van der Waals surface area (Å²) < 4.78 is 0. The Hall–Kier alpha value is -2.22. The highest BCUT2D eigenvalue weighted by Crippen LogP contribution is 2.27. The van der Waals surface area contributed by atoms with Gasteiger partial charge in [0.1, 0.15) is 6.04 Å². The molecule has 190 valence electrons. The number of piperidine rings is 1. The first-order valence-corrected chi connectivity index (χ1v) is 13.9. The molecule has 2 fully saturated rings. The Bertz CT molecular complexity index is 970. The van der Waals surface area contributed by atoms with Crippen LogP contribution in [-0.2, 0) is 22.6 Å². The molecule has 2 heterocycles. The van der Waals surface area contributed by atoms with Gasteiger partial charge in [-0.1, -0.05) is 30.3 Å². The maximum Gasteiger partial charge on any atom is 0.243 e. The van der Waals surface area contributed by atoms with Crippen LogP contribution >= 0.6 is 11.3 Å². The fourth-order valence-corrected chi connectivity index (χ4v) is 6.46. The molecule has 1 aromatic carbocycles. The summed E-state index contributed by atoms with van der Waals surface area (Å²) in [5, 5.41) is 3.26. The molecule has 6 nitrogen and oxygen atoms in total. The van der Waals surface area contributed by atoms with Crippen LogP contribution in [0, 0.1) is 6.92 Å². The second kappa shape index (κ2) is 12.2. The van der Waals surface area contributed by atoms with Gasteiger partial charge < -0.3 is 16.0 Å². The summed E-state index contributed by atoms with van der Waals surface area (Å²) in [5.74, 6) is -0.0145. The Balaban J connectivity index is 1.47. The SMILES string of the molecule is CC(=O)N1CCC(N(CCc2ccccc2)Cc2ccc(C)s2)C[C@@H]1C(=O)NC1CCC(N)CC1. The summed E-state index contributed by atoms with van der Waals surface area (Å²) in [6.45, 7) is 6.17. The number of likely N-dealkylation sites (tertiary alicyclic amines) is 1. The Morgan fingerprint density at radius 2 is 1.83 bits per heavy atom. The molecule has 0 radical (unpaired) electrons. The van der Waals surface area contributed by atoms with E-state index in [0.29, 0.717) is 13.0 Å². The van der Waals surface area contributed by atoms with Crippen molar-refractivity contribution in [1.29, 1.82) is 0 Å². The third-order valence-electron chi connectivity index (χ3n) is 7.60. The summed E-state index contributed by atoms with van der Waals surface area (Å²) in [7, 11) is 0. The fourth-order valence-electron chi connectivity index (χ4n) is 5.54. The zero-order chi connectivity index (χ0) is 24.8. The van der Waals surface area contributed by atoms with Crippen molar-refractivity contribution in [2.75, 3.05) is 13.1 Å². The van der Waals surface area contributed by atoms with Crippen LogP contribution in [0.1, 0.15) is 60.8 Å². The summed E-state index contributed by atoms with van der Waals surface area (Å²) in [6, 6.07) is 15.2. The first-order chi connectivity index (χ1) is 16.9. The molecule has 0 bridgehead atoms. The summed E-state index contributed by atoms with van der Waals surface area (Å²) in [4.78, 5) is 32.9. The molecule has 2 amide bonds. The van der Waals surface area contributed by atoms with E-state index in [1.54, 1.807) is 11.8 Å². The fraction of sp³-hybridized carbons (Fsp3) is 0.571. The molecule has 2 aromatic rings. The number of hydrogen-bond acceptors (Lipinski definition) is 5. The third-order valence-corrected chi connectivity index (χ3v) is 8.59. The number of nitrogens with zero attached hydrogens (tertiary/aromatic N) is 2. The molecule has 1 aliphatic carbocycles. The number of thiophene rings is 1. The van der Waals surface area contributed by atoms with E-state index in [1.165, 1.54) is 15.3 Å². The van der Waals surface area contributed by atoms with Crippen molar-refractivity contribution in [2.45, 2.75) is 89.5 Å². The smallest absolute Gasteiger partial charge is 0.243 e. The van der Waals surface area contributed by atoms with E-state index in [-0.39, 0.29) is 29.9 Å². The number of aryl methyl sites for hydroxylation is 1. The van der Waals surface area contributed by atoms with Crippen molar-refractivity contribution in [2.24, 2.45) is 5.73 Å². The minimum absolute atomic E-state index is 0.000323. The molecule has 1 saturated heterocycles. The molecule has 35 heavy (non-hydrogen) atoms. The molecular weight excluding hydrogens is 456 g/mol. The second-order valence-corrected chi connectivity index (χ2v) is 11.6. The lowest BCUT2D eigenvalue weighted by molar-refractivity contribution is -0.142. The summed E-state index contributed by atoms with van der Waals surface area (Å²) >= 11 is 1.84. The molecule has 1 saturated carbocycles. The normalized spacial score (nSPS) is 25.0. The van der Waals surface area contributed by atoms with Gasteiger partial charge in [0.2, 0.25) is 11.8 Å². The van der Waals surface area contributed by atoms with E-state index >= 15 is 0 Å². The molecule has 2 aliphatic rings. The molecule has 0 spiro atoms. The number of rotatable bonds is 8. The topological polar surface area (TPSA) is 78.7 Å². The molecule has 2 atom stereocenters. The molecule has 1 unspecified atom stereocenters. The predicted molar refractivity (Wildman–Crippen MR) is 142 cm³/mol. The van der Waals surface area contributed by atoms with Gasteiger partial charge in [-0.15, -0.1) is 11.3 Å². The van der Waals surface area contributed by atoms with Gasteiger partial charge in [-0.05, 0) is 69.6 Å². The van der Waals surface area contributed by atoms with Crippen molar-refractivity contribution in [3.05, 3.63) is 57.8 Å². The van der Waals surface area contributed by atoms with Crippen LogP contribution in [0.2, 0.25) is 0 Å². The van der Waals surface area contributed by atoms with Gasteiger partial charge in [-0.3, -0.25) is 14.5 Å². The van der Waals surface area contributed by atoms with Crippen LogP contribution in [0.4, 0.5) is 0 Å². The zero-order valence-corrected chi connectivity index (χ0v) is 21.9. The lowest BCUT2D eigenvalue weighted by Crippen LogP contribution is -2.58. The van der Waals surface area contributed by atoms with Crippen LogP contribution < -0.4 is 11.1 Å². The zero-order valence-electron chi connectivity index (χ0n) is 21.1. The molecule has 1 aromatic heterocycles. The Morgan fingerprint density at radius 1 is 1.09 bits per heavy atom. The van der Waals surface area contributed by atoms with Crippen molar-refractivity contribution in [1.82, 2.24) is 15.1 Å². The molecule has 7 heteroatoms.